The van der Waals surface area contributed by atoms with E-state index in [1.807, 2.05) is 18.2 Å². The Morgan fingerprint density at radius 2 is 1.77 bits per heavy atom. The van der Waals surface area contributed by atoms with E-state index in [1.165, 1.54) is 5.56 Å². The Kier molecular flexibility index (Phi) is 2.96. The summed E-state index contributed by atoms with van der Waals surface area (Å²) in [5, 5.41) is 14.9. The first-order valence-electron chi connectivity index (χ1n) is 7.51. The molecule has 4 rings (SSSR count). The number of benzene rings is 2. The summed E-state index contributed by atoms with van der Waals surface area (Å²) in [6.07, 6.45) is 5.38. The average molecular weight is 292 g/mol. The van der Waals surface area contributed by atoms with Crippen LogP contribution in [-0.2, 0) is 0 Å². The van der Waals surface area contributed by atoms with Gasteiger partial charge in [0.15, 0.2) is 0 Å². The van der Waals surface area contributed by atoms with Gasteiger partial charge in [-0.05, 0) is 24.0 Å². The van der Waals surface area contributed by atoms with Crippen LogP contribution in [0, 0.1) is 16.0 Å². The molecule has 0 bridgehead atoms. The Morgan fingerprint density at radius 1 is 1.05 bits per heavy atom. The fourth-order valence-corrected chi connectivity index (χ4v) is 3.77. The molecular formula is C18H16N2O2. The third kappa shape index (κ3) is 1.91. The van der Waals surface area contributed by atoms with Crippen molar-refractivity contribution in [3.8, 4) is 0 Å². The minimum absolute atomic E-state index is 0.0310. The van der Waals surface area contributed by atoms with Gasteiger partial charge in [-0.15, -0.1) is 0 Å². The highest BCUT2D eigenvalue weighted by atomic mass is 16.6. The highest BCUT2D eigenvalue weighted by Gasteiger charge is 2.39. The fraction of sp³-hybridized carbons (Fsp3) is 0.222. The molecule has 110 valence electrons. The van der Waals surface area contributed by atoms with Crippen LogP contribution in [0.25, 0.3) is 0 Å². The van der Waals surface area contributed by atoms with Gasteiger partial charge in [-0.3, -0.25) is 10.1 Å². The second-order valence-electron chi connectivity index (χ2n) is 5.88. The molecule has 1 N–H and O–H groups in total. The summed E-state index contributed by atoms with van der Waals surface area (Å²) in [5.74, 6) is 0.665. The van der Waals surface area contributed by atoms with E-state index >= 15 is 0 Å². The first-order chi connectivity index (χ1) is 10.8. The van der Waals surface area contributed by atoms with Gasteiger partial charge in [-0.1, -0.05) is 48.6 Å². The Hall–Kier alpha value is -2.62. The minimum Gasteiger partial charge on any atom is -0.377 e. The van der Waals surface area contributed by atoms with Crippen molar-refractivity contribution >= 4 is 11.4 Å². The second-order valence-corrected chi connectivity index (χ2v) is 5.88. The van der Waals surface area contributed by atoms with Crippen LogP contribution in [0.15, 0.2) is 60.7 Å². The summed E-state index contributed by atoms with van der Waals surface area (Å²) in [6.45, 7) is 0. The van der Waals surface area contributed by atoms with Crippen molar-refractivity contribution in [1.82, 2.24) is 0 Å². The first-order valence-corrected chi connectivity index (χ1v) is 7.51. The summed E-state index contributed by atoms with van der Waals surface area (Å²) >= 11 is 0. The molecule has 0 fully saturated rings. The Labute approximate surface area is 128 Å². The number of rotatable bonds is 2. The molecule has 1 aliphatic carbocycles. The Balaban J connectivity index is 1.83. The standard InChI is InChI=1S/C18H16N2O2/c21-20(22)17-11-4-2-7-15(17)18-14-9-5-8-12(14)13-6-1-3-10-16(13)19-18/h1-8,10-12,14,18-19H,9H2/t12-,14+,18-/m1/s1. The van der Waals surface area contributed by atoms with Crippen molar-refractivity contribution in [2.24, 2.45) is 5.92 Å². The van der Waals surface area contributed by atoms with Gasteiger partial charge < -0.3 is 5.32 Å². The van der Waals surface area contributed by atoms with Crippen molar-refractivity contribution in [1.29, 1.82) is 0 Å². The third-order valence-electron chi connectivity index (χ3n) is 4.74. The molecule has 0 radical (unpaired) electrons. The number of allylic oxidation sites excluding steroid dienone is 2. The zero-order valence-electron chi connectivity index (χ0n) is 12.0. The van der Waals surface area contributed by atoms with Crippen molar-refractivity contribution < 1.29 is 4.92 Å². The highest BCUT2D eigenvalue weighted by Crippen LogP contribution is 2.50. The summed E-state index contributed by atoms with van der Waals surface area (Å²) in [7, 11) is 0. The van der Waals surface area contributed by atoms with Gasteiger partial charge in [0, 0.05) is 17.7 Å². The van der Waals surface area contributed by atoms with Crippen LogP contribution in [0.3, 0.4) is 0 Å². The summed E-state index contributed by atoms with van der Waals surface area (Å²) in [4.78, 5) is 11.1. The van der Waals surface area contributed by atoms with Crippen molar-refractivity contribution in [2.75, 3.05) is 5.32 Å². The van der Waals surface area contributed by atoms with Gasteiger partial charge in [0.1, 0.15) is 0 Å². The molecule has 22 heavy (non-hydrogen) atoms. The zero-order valence-corrected chi connectivity index (χ0v) is 12.0. The molecule has 1 aliphatic heterocycles. The van der Waals surface area contributed by atoms with E-state index in [-0.39, 0.29) is 16.7 Å². The lowest BCUT2D eigenvalue weighted by atomic mass is 9.77. The van der Waals surface area contributed by atoms with Crippen LogP contribution in [-0.4, -0.2) is 4.92 Å². The number of para-hydroxylation sites is 2. The van der Waals surface area contributed by atoms with E-state index in [4.69, 9.17) is 0 Å². The minimum atomic E-state index is -0.283. The quantitative estimate of drug-likeness (QED) is 0.506. The molecule has 1 heterocycles. The Bertz CT molecular complexity index is 769. The number of nitrogens with zero attached hydrogens (tertiary/aromatic N) is 1. The third-order valence-corrected chi connectivity index (χ3v) is 4.74. The van der Waals surface area contributed by atoms with E-state index < -0.39 is 0 Å². The maximum Gasteiger partial charge on any atom is 0.274 e. The molecule has 0 spiro atoms. The van der Waals surface area contributed by atoms with E-state index in [1.54, 1.807) is 12.1 Å². The molecule has 0 unspecified atom stereocenters. The van der Waals surface area contributed by atoms with Crippen molar-refractivity contribution in [3.05, 3.63) is 81.9 Å². The number of fused-ring (bicyclic) bond motifs is 3. The normalized spacial score (nSPS) is 25.2. The predicted octanol–water partition coefficient (Wildman–Crippen LogP) is 4.42. The first kappa shape index (κ1) is 13.1. The summed E-state index contributed by atoms with van der Waals surface area (Å²) < 4.78 is 0. The molecule has 3 atom stereocenters. The molecule has 2 aromatic rings. The lowest BCUT2D eigenvalue weighted by Crippen LogP contribution is -2.29. The van der Waals surface area contributed by atoms with E-state index in [9.17, 15) is 10.1 Å². The highest BCUT2D eigenvalue weighted by molar-refractivity contribution is 5.61. The molecule has 4 heteroatoms. The monoisotopic (exact) mass is 292 g/mol. The Morgan fingerprint density at radius 3 is 2.59 bits per heavy atom. The molecule has 0 amide bonds. The van der Waals surface area contributed by atoms with Gasteiger partial charge in [0.05, 0.1) is 16.5 Å². The fourth-order valence-electron chi connectivity index (χ4n) is 3.77. The predicted molar refractivity (Wildman–Crippen MR) is 85.9 cm³/mol. The number of hydrogen-bond acceptors (Lipinski definition) is 3. The van der Waals surface area contributed by atoms with Gasteiger partial charge in [-0.2, -0.15) is 0 Å². The number of anilines is 1. The lowest BCUT2D eigenvalue weighted by Gasteiger charge is -2.37. The molecule has 0 saturated heterocycles. The molecule has 2 aromatic carbocycles. The molecule has 4 nitrogen and oxygen atoms in total. The smallest absolute Gasteiger partial charge is 0.274 e. The summed E-state index contributed by atoms with van der Waals surface area (Å²) in [6, 6.07) is 15.3. The van der Waals surface area contributed by atoms with E-state index in [0.29, 0.717) is 11.8 Å². The molecule has 2 aliphatic rings. The second kappa shape index (κ2) is 4.98. The molecule has 0 saturated carbocycles. The largest absolute Gasteiger partial charge is 0.377 e. The SMILES string of the molecule is O=[N+]([O-])c1ccccc1[C@@H]1Nc2ccccc2[C@H]2C=CC[C@@H]21. The van der Waals surface area contributed by atoms with Crippen LogP contribution in [0.1, 0.15) is 29.5 Å². The van der Waals surface area contributed by atoms with Gasteiger partial charge in [-0.25, -0.2) is 0 Å². The van der Waals surface area contributed by atoms with Gasteiger partial charge >= 0.3 is 0 Å². The number of nitrogens with one attached hydrogen (secondary N) is 1. The maximum atomic E-state index is 11.4. The van der Waals surface area contributed by atoms with Crippen LogP contribution in [0.4, 0.5) is 11.4 Å². The van der Waals surface area contributed by atoms with Crippen molar-refractivity contribution in [2.45, 2.75) is 18.4 Å². The topological polar surface area (TPSA) is 55.2 Å². The van der Waals surface area contributed by atoms with Crippen LogP contribution in [0.2, 0.25) is 0 Å². The van der Waals surface area contributed by atoms with Crippen LogP contribution < -0.4 is 5.32 Å². The maximum absolute atomic E-state index is 11.4. The number of nitro groups is 1. The number of nitro benzene ring substituents is 1. The lowest BCUT2D eigenvalue weighted by molar-refractivity contribution is -0.385. The average Bonchev–Trinajstić information content (AvgIpc) is 3.04. The van der Waals surface area contributed by atoms with Gasteiger partial charge in [0.25, 0.3) is 5.69 Å². The van der Waals surface area contributed by atoms with Crippen molar-refractivity contribution in [3.63, 3.8) is 0 Å². The van der Waals surface area contributed by atoms with Crippen LogP contribution >= 0.6 is 0 Å². The number of hydrogen-bond donors (Lipinski definition) is 1. The van der Waals surface area contributed by atoms with Gasteiger partial charge in [0.2, 0.25) is 0 Å². The van der Waals surface area contributed by atoms with E-state index in [0.717, 1.165) is 17.7 Å². The van der Waals surface area contributed by atoms with E-state index in [2.05, 4.69) is 35.7 Å². The molecule has 0 aromatic heterocycles. The molecular weight excluding hydrogens is 276 g/mol. The van der Waals surface area contributed by atoms with Crippen LogP contribution in [0.5, 0.6) is 0 Å². The zero-order chi connectivity index (χ0) is 15.1. The summed E-state index contributed by atoms with van der Waals surface area (Å²) in [5.41, 5.74) is 3.35.